The lowest BCUT2D eigenvalue weighted by Crippen LogP contribution is -2.37. The van der Waals surface area contributed by atoms with Crippen LogP contribution in [0, 0.1) is 5.82 Å². The third kappa shape index (κ3) is 4.84. The van der Waals surface area contributed by atoms with Gasteiger partial charge < -0.3 is 10.6 Å². The van der Waals surface area contributed by atoms with E-state index in [4.69, 9.17) is 5.73 Å². The predicted octanol–water partition coefficient (Wildman–Crippen LogP) is 4.33. The second-order valence-corrected chi connectivity index (χ2v) is 6.99. The fraction of sp³-hybridized carbons (Fsp3) is 0.208. The highest BCUT2D eigenvalue weighted by Gasteiger charge is 2.24. The van der Waals surface area contributed by atoms with Gasteiger partial charge in [-0.3, -0.25) is 4.79 Å². The van der Waals surface area contributed by atoms with Gasteiger partial charge in [0.05, 0.1) is 6.04 Å². The minimum Gasteiger partial charge on any atom is -0.335 e. The Morgan fingerprint density at radius 1 is 0.893 bits per heavy atom. The first-order valence-electron chi connectivity index (χ1n) is 9.41. The van der Waals surface area contributed by atoms with Crippen molar-refractivity contribution in [2.24, 2.45) is 5.73 Å². The summed E-state index contributed by atoms with van der Waals surface area (Å²) in [6.45, 7) is 0. The molecule has 1 amide bonds. The lowest BCUT2D eigenvalue weighted by Gasteiger charge is -2.30. The Bertz CT molecular complexity index is 859. The lowest BCUT2D eigenvalue weighted by molar-refractivity contribution is -0.131. The summed E-state index contributed by atoms with van der Waals surface area (Å²) in [6.07, 6.45) is 0.481. The first-order valence-corrected chi connectivity index (χ1v) is 9.41. The average molecular weight is 376 g/mol. The summed E-state index contributed by atoms with van der Waals surface area (Å²) in [6, 6.07) is 25.7. The molecule has 3 aromatic carbocycles. The van der Waals surface area contributed by atoms with Crippen LogP contribution in [-0.4, -0.2) is 23.9 Å². The Labute approximate surface area is 165 Å². The number of nitrogens with two attached hydrogens (primary N) is 1. The van der Waals surface area contributed by atoms with E-state index < -0.39 is 6.04 Å². The van der Waals surface area contributed by atoms with E-state index in [0.717, 1.165) is 11.1 Å². The van der Waals surface area contributed by atoms with Crippen molar-refractivity contribution in [3.63, 3.8) is 0 Å². The maximum Gasteiger partial charge on any atom is 0.224 e. The number of benzene rings is 3. The number of nitrogens with zero attached hydrogens (tertiary/aromatic N) is 1. The van der Waals surface area contributed by atoms with Gasteiger partial charge in [-0.15, -0.1) is 0 Å². The van der Waals surface area contributed by atoms with Gasteiger partial charge in [0.25, 0.3) is 0 Å². The highest BCUT2D eigenvalue weighted by atomic mass is 19.1. The van der Waals surface area contributed by atoms with Crippen molar-refractivity contribution in [2.45, 2.75) is 24.9 Å². The maximum absolute atomic E-state index is 13.9. The zero-order valence-corrected chi connectivity index (χ0v) is 16.0. The quantitative estimate of drug-likeness (QED) is 0.667. The summed E-state index contributed by atoms with van der Waals surface area (Å²) in [5, 5.41) is 0. The average Bonchev–Trinajstić information content (AvgIpc) is 2.71. The second kappa shape index (κ2) is 9.29. The molecule has 0 spiro atoms. The molecule has 0 aliphatic heterocycles. The molecule has 0 aromatic heterocycles. The van der Waals surface area contributed by atoms with Gasteiger partial charge in [-0.2, -0.15) is 0 Å². The van der Waals surface area contributed by atoms with Crippen LogP contribution in [0.2, 0.25) is 0 Å². The molecular weight excluding hydrogens is 351 g/mol. The molecule has 0 aliphatic carbocycles. The first kappa shape index (κ1) is 19.8. The smallest absolute Gasteiger partial charge is 0.224 e. The molecule has 0 saturated heterocycles. The minimum absolute atomic E-state index is 0.0680. The Hall–Kier alpha value is -2.98. The van der Waals surface area contributed by atoms with Gasteiger partial charge in [-0.1, -0.05) is 78.9 Å². The van der Waals surface area contributed by atoms with Crippen LogP contribution in [0.4, 0.5) is 4.39 Å². The molecule has 28 heavy (non-hydrogen) atoms. The van der Waals surface area contributed by atoms with Crippen LogP contribution in [0.3, 0.4) is 0 Å². The van der Waals surface area contributed by atoms with Gasteiger partial charge in [-0.25, -0.2) is 4.39 Å². The summed E-state index contributed by atoms with van der Waals surface area (Å²) >= 11 is 0. The Kier molecular flexibility index (Phi) is 6.56. The Balaban J connectivity index is 1.76. The molecule has 0 heterocycles. The van der Waals surface area contributed by atoms with Crippen molar-refractivity contribution in [3.05, 3.63) is 107 Å². The SMILES string of the molecule is CN(C(=O)C[C@H](N)Cc1ccccc1F)C(c1ccccc1)c1ccccc1. The summed E-state index contributed by atoms with van der Waals surface area (Å²) in [7, 11) is 1.79. The first-order chi connectivity index (χ1) is 13.6. The van der Waals surface area contributed by atoms with E-state index in [2.05, 4.69) is 0 Å². The van der Waals surface area contributed by atoms with Gasteiger partial charge in [0, 0.05) is 19.5 Å². The van der Waals surface area contributed by atoms with E-state index in [1.807, 2.05) is 60.7 Å². The van der Waals surface area contributed by atoms with E-state index >= 15 is 0 Å². The van der Waals surface area contributed by atoms with E-state index in [-0.39, 0.29) is 24.2 Å². The van der Waals surface area contributed by atoms with Gasteiger partial charge in [0.1, 0.15) is 5.82 Å². The number of carbonyl (C=O) groups excluding carboxylic acids is 1. The fourth-order valence-corrected chi connectivity index (χ4v) is 3.44. The minimum atomic E-state index is -0.445. The van der Waals surface area contributed by atoms with E-state index in [1.165, 1.54) is 6.07 Å². The van der Waals surface area contributed by atoms with Crippen molar-refractivity contribution < 1.29 is 9.18 Å². The number of halogens is 1. The molecule has 3 rings (SSSR count). The topological polar surface area (TPSA) is 46.3 Å². The number of carbonyl (C=O) groups is 1. The monoisotopic (exact) mass is 376 g/mol. The molecule has 3 aromatic rings. The van der Waals surface area contributed by atoms with Crippen LogP contribution in [0.15, 0.2) is 84.9 Å². The Morgan fingerprint density at radius 2 is 1.39 bits per heavy atom. The van der Waals surface area contributed by atoms with Gasteiger partial charge in [0.2, 0.25) is 5.91 Å². The molecule has 2 N–H and O–H groups in total. The molecule has 0 bridgehead atoms. The molecule has 0 saturated carbocycles. The van der Waals surface area contributed by atoms with Crippen LogP contribution >= 0.6 is 0 Å². The zero-order chi connectivity index (χ0) is 19.9. The lowest BCUT2D eigenvalue weighted by atomic mass is 9.96. The standard InChI is InChI=1S/C24H25FN2O/c1-27(23(28)17-21(26)16-20-14-8-9-15-22(20)25)24(18-10-4-2-5-11-18)19-12-6-3-7-13-19/h2-15,21,24H,16-17,26H2,1H3/t21-/m1/s1. The number of hydrogen-bond acceptors (Lipinski definition) is 2. The molecule has 0 fully saturated rings. The highest BCUT2D eigenvalue weighted by Crippen LogP contribution is 2.28. The van der Waals surface area contributed by atoms with Crippen molar-refractivity contribution in [2.75, 3.05) is 7.05 Å². The van der Waals surface area contributed by atoms with Crippen LogP contribution < -0.4 is 5.73 Å². The van der Waals surface area contributed by atoms with Crippen LogP contribution in [-0.2, 0) is 11.2 Å². The van der Waals surface area contributed by atoms with Crippen LogP contribution in [0.1, 0.15) is 29.2 Å². The van der Waals surface area contributed by atoms with Gasteiger partial charge >= 0.3 is 0 Å². The van der Waals surface area contributed by atoms with Crippen molar-refractivity contribution >= 4 is 5.91 Å². The summed E-state index contributed by atoms with van der Waals surface area (Å²) in [5.41, 5.74) is 8.78. The molecule has 0 aliphatic rings. The van der Waals surface area contributed by atoms with Crippen molar-refractivity contribution in [1.29, 1.82) is 0 Å². The summed E-state index contributed by atoms with van der Waals surface area (Å²) < 4.78 is 13.9. The molecule has 0 radical (unpaired) electrons. The normalized spacial score (nSPS) is 12.0. The van der Waals surface area contributed by atoms with Gasteiger partial charge in [-0.05, 0) is 29.2 Å². The van der Waals surface area contributed by atoms with E-state index in [9.17, 15) is 9.18 Å². The van der Waals surface area contributed by atoms with E-state index in [0.29, 0.717) is 12.0 Å². The van der Waals surface area contributed by atoms with Crippen LogP contribution in [0.25, 0.3) is 0 Å². The highest BCUT2D eigenvalue weighted by molar-refractivity contribution is 5.77. The fourth-order valence-electron chi connectivity index (χ4n) is 3.44. The maximum atomic E-state index is 13.9. The Morgan fingerprint density at radius 3 is 1.93 bits per heavy atom. The number of amides is 1. The summed E-state index contributed by atoms with van der Waals surface area (Å²) in [4.78, 5) is 14.7. The largest absolute Gasteiger partial charge is 0.335 e. The molecule has 144 valence electrons. The van der Waals surface area contributed by atoms with Crippen molar-refractivity contribution in [1.82, 2.24) is 4.90 Å². The third-order valence-corrected chi connectivity index (χ3v) is 4.89. The molecule has 1 atom stereocenters. The predicted molar refractivity (Wildman–Crippen MR) is 110 cm³/mol. The van der Waals surface area contributed by atoms with Gasteiger partial charge in [0.15, 0.2) is 0 Å². The number of hydrogen-bond donors (Lipinski definition) is 1. The molecular formula is C24H25FN2O. The molecule has 3 nitrogen and oxygen atoms in total. The number of rotatable bonds is 7. The zero-order valence-electron chi connectivity index (χ0n) is 16.0. The second-order valence-electron chi connectivity index (χ2n) is 6.99. The summed E-state index contributed by atoms with van der Waals surface area (Å²) in [5.74, 6) is -0.355. The van der Waals surface area contributed by atoms with E-state index in [1.54, 1.807) is 30.1 Å². The molecule has 4 heteroatoms. The third-order valence-electron chi connectivity index (χ3n) is 4.89. The van der Waals surface area contributed by atoms with Crippen molar-refractivity contribution in [3.8, 4) is 0 Å². The molecule has 0 unspecified atom stereocenters. The van der Waals surface area contributed by atoms with Crippen LogP contribution in [0.5, 0.6) is 0 Å².